The Hall–Kier alpha value is -2.21. The van der Waals surface area contributed by atoms with Crippen LogP contribution in [0.2, 0.25) is 0 Å². The lowest BCUT2D eigenvalue weighted by molar-refractivity contribution is 0.424. The van der Waals surface area contributed by atoms with E-state index in [-0.39, 0.29) is 12.1 Å². The summed E-state index contributed by atoms with van der Waals surface area (Å²) in [5, 5.41) is 15.5. The van der Waals surface area contributed by atoms with E-state index in [1.807, 2.05) is 10.7 Å². The van der Waals surface area contributed by atoms with E-state index < -0.39 is 0 Å². The number of halogens is 1. The minimum absolute atomic E-state index is 0.129. The van der Waals surface area contributed by atoms with Crippen molar-refractivity contribution < 1.29 is 0 Å². The van der Waals surface area contributed by atoms with Crippen LogP contribution in [0.1, 0.15) is 29.6 Å². The molecule has 0 saturated heterocycles. The van der Waals surface area contributed by atoms with Crippen molar-refractivity contribution in [2.45, 2.75) is 18.5 Å². The molecule has 1 aliphatic heterocycles. The molecule has 2 heterocycles. The maximum Gasteiger partial charge on any atom is 0.243 e. The molecule has 0 amide bonds. The fourth-order valence-corrected chi connectivity index (χ4v) is 3.17. The van der Waals surface area contributed by atoms with Gasteiger partial charge in [0.15, 0.2) is 0 Å². The van der Waals surface area contributed by atoms with Gasteiger partial charge in [0, 0.05) is 4.47 Å². The summed E-state index contributed by atoms with van der Waals surface area (Å²) in [6.07, 6.45) is 0.906. The first-order valence-corrected chi connectivity index (χ1v) is 7.95. The number of nitrogens with zero attached hydrogens (tertiary/aromatic N) is 4. The van der Waals surface area contributed by atoms with Crippen LogP contribution in [0.5, 0.6) is 0 Å². The first-order valence-electron chi connectivity index (χ1n) is 7.16. The number of rotatable bonds is 2. The standard InChI is InChI=1S/C16H14BrN5/c17-13-8-6-12(7-9-13)15-10-14(11-4-2-1-3-5-11)18-16-19-20-21-22(15)16/h1-9,14-15H,10H2,(H,18,19,21)/t14-,15+/m0/s1. The van der Waals surface area contributed by atoms with Gasteiger partial charge in [0.25, 0.3) is 0 Å². The fourth-order valence-electron chi connectivity index (χ4n) is 2.90. The lowest BCUT2D eigenvalue weighted by atomic mass is 9.93. The first kappa shape index (κ1) is 13.5. The number of hydrogen-bond acceptors (Lipinski definition) is 4. The lowest BCUT2D eigenvalue weighted by Crippen LogP contribution is -2.28. The van der Waals surface area contributed by atoms with Crippen LogP contribution in [0, 0.1) is 0 Å². The van der Waals surface area contributed by atoms with Crippen LogP contribution in [-0.4, -0.2) is 20.2 Å². The number of nitrogens with one attached hydrogen (secondary N) is 1. The second kappa shape index (κ2) is 5.53. The SMILES string of the molecule is Brc1ccc([C@H]2C[C@@H](c3ccccc3)Nc3nnnn32)cc1. The van der Waals surface area contributed by atoms with Crippen LogP contribution in [0.4, 0.5) is 5.95 Å². The van der Waals surface area contributed by atoms with Crippen molar-refractivity contribution in [3.63, 3.8) is 0 Å². The van der Waals surface area contributed by atoms with E-state index in [0.717, 1.165) is 10.9 Å². The summed E-state index contributed by atoms with van der Waals surface area (Å²) in [5.41, 5.74) is 2.46. The molecule has 3 aromatic rings. The number of aromatic nitrogens is 4. The summed E-state index contributed by atoms with van der Waals surface area (Å²) in [4.78, 5) is 0. The molecular formula is C16H14BrN5. The van der Waals surface area contributed by atoms with E-state index in [1.165, 1.54) is 11.1 Å². The molecule has 6 heteroatoms. The Kier molecular flexibility index (Phi) is 3.38. The van der Waals surface area contributed by atoms with Crippen LogP contribution >= 0.6 is 15.9 Å². The quantitative estimate of drug-likeness (QED) is 0.763. The zero-order valence-corrected chi connectivity index (χ0v) is 13.3. The van der Waals surface area contributed by atoms with Gasteiger partial charge in [0.2, 0.25) is 5.95 Å². The summed E-state index contributed by atoms with van der Waals surface area (Å²) >= 11 is 3.48. The molecule has 0 radical (unpaired) electrons. The Bertz CT molecular complexity index is 769. The van der Waals surface area contributed by atoms with Crippen molar-refractivity contribution in [1.29, 1.82) is 0 Å². The van der Waals surface area contributed by atoms with Gasteiger partial charge >= 0.3 is 0 Å². The van der Waals surface area contributed by atoms with Crippen molar-refractivity contribution in [1.82, 2.24) is 20.2 Å². The summed E-state index contributed by atoms with van der Waals surface area (Å²) in [6.45, 7) is 0. The minimum Gasteiger partial charge on any atom is -0.346 e. The molecule has 0 fully saturated rings. The topological polar surface area (TPSA) is 55.6 Å². The van der Waals surface area contributed by atoms with Crippen molar-refractivity contribution in [2.24, 2.45) is 0 Å². The number of anilines is 1. The molecule has 110 valence electrons. The van der Waals surface area contributed by atoms with Gasteiger partial charge in [-0.1, -0.05) is 63.5 Å². The van der Waals surface area contributed by atoms with Crippen LogP contribution in [0.3, 0.4) is 0 Å². The maximum absolute atomic E-state index is 4.15. The van der Waals surface area contributed by atoms with Gasteiger partial charge in [-0.2, -0.15) is 0 Å². The summed E-state index contributed by atoms with van der Waals surface area (Å²) in [6, 6.07) is 19.1. The third kappa shape index (κ3) is 2.39. The van der Waals surface area contributed by atoms with E-state index in [9.17, 15) is 0 Å². The van der Waals surface area contributed by atoms with Gasteiger partial charge < -0.3 is 5.32 Å². The molecule has 1 aromatic heterocycles. The average molecular weight is 356 g/mol. The van der Waals surface area contributed by atoms with Gasteiger partial charge in [-0.25, -0.2) is 4.68 Å². The highest BCUT2D eigenvalue weighted by molar-refractivity contribution is 9.10. The Morgan fingerprint density at radius 1 is 1.00 bits per heavy atom. The molecule has 22 heavy (non-hydrogen) atoms. The Balaban J connectivity index is 1.73. The third-order valence-corrected chi connectivity index (χ3v) is 4.54. The van der Waals surface area contributed by atoms with E-state index in [4.69, 9.17) is 0 Å². The van der Waals surface area contributed by atoms with Gasteiger partial charge in [-0.3, -0.25) is 0 Å². The monoisotopic (exact) mass is 355 g/mol. The molecule has 2 atom stereocenters. The third-order valence-electron chi connectivity index (χ3n) is 4.01. The van der Waals surface area contributed by atoms with Gasteiger partial charge in [0.05, 0.1) is 12.1 Å². The highest BCUT2D eigenvalue weighted by Crippen LogP contribution is 2.37. The zero-order valence-electron chi connectivity index (χ0n) is 11.7. The predicted octanol–water partition coefficient (Wildman–Crippen LogP) is 3.58. The fraction of sp³-hybridized carbons (Fsp3) is 0.188. The second-order valence-electron chi connectivity index (χ2n) is 5.36. The van der Waals surface area contributed by atoms with E-state index >= 15 is 0 Å². The molecule has 4 rings (SSSR count). The van der Waals surface area contributed by atoms with Crippen molar-refractivity contribution in [2.75, 3.05) is 5.32 Å². The number of benzene rings is 2. The Labute approximate surface area is 136 Å². The van der Waals surface area contributed by atoms with Gasteiger partial charge in [-0.05, 0) is 40.1 Å². The first-order chi connectivity index (χ1) is 10.8. The molecule has 0 bridgehead atoms. The van der Waals surface area contributed by atoms with E-state index in [1.54, 1.807) is 0 Å². The predicted molar refractivity (Wildman–Crippen MR) is 87.5 cm³/mol. The second-order valence-corrected chi connectivity index (χ2v) is 6.27. The molecule has 0 saturated carbocycles. The van der Waals surface area contributed by atoms with Crippen LogP contribution < -0.4 is 5.32 Å². The molecule has 0 spiro atoms. The van der Waals surface area contributed by atoms with Crippen LogP contribution in [0.25, 0.3) is 0 Å². The molecule has 0 unspecified atom stereocenters. The van der Waals surface area contributed by atoms with Gasteiger partial charge in [-0.15, -0.1) is 0 Å². The highest BCUT2D eigenvalue weighted by atomic mass is 79.9. The van der Waals surface area contributed by atoms with E-state index in [0.29, 0.717) is 5.95 Å². The molecule has 5 nitrogen and oxygen atoms in total. The number of fused-ring (bicyclic) bond motifs is 1. The maximum atomic E-state index is 4.15. The highest BCUT2D eigenvalue weighted by Gasteiger charge is 2.30. The molecular weight excluding hydrogens is 342 g/mol. The van der Waals surface area contributed by atoms with Crippen LogP contribution in [0.15, 0.2) is 59.1 Å². The minimum atomic E-state index is 0.129. The van der Waals surface area contributed by atoms with Gasteiger partial charge in [0.1, 0.15) is 0 Å². The molecule has 1 aliphatic rings. The Morgan fingerprint density at radius 3 is 2.55 bits per heavy atom. The lowest BCUT2D eigenvalue weighted by Gasteiger charge is -2.31. The number of hydrogen-bond donors (Lipinski definition) is 1. The van der Waals surface area contributed by atoms with Crippen molar-refractivity contribution in [3.05, 3.63) is 70.2 Å². The van der Waals surface area contributed by atoms with Crippen molar-refractivity contribution >= 4 is 21.9 Å². The average Bonchev–Trinajstić information content (AvgIpc) is 3.04. The Morgan fingerprint density at radius 2 is 1.77 bits per heavy atom. The summed E-state index contributed by atoms with van der Waals surface area (Å²) in [7, 11) is 0. The largest absolute Gasteiger partial charge is 0.346 e. The number of tetrazole rings is 1. The normalized spacial score (nSPS) is 20.2. The van der Waals surface area contributed by atoms with Crippen molar-refractivity contribution in [3.8, 4) is 0 Å². The molecule has 1 N–H and O–H groups in total. The summed E-state index contributed by atoms with van der Waals surface area (Å²) < 4.78 is 2.93. The van der Waals surface area contributed by atoms with Crippen LogP contribution in [-0.2, 0) is 0 Å². The molecule has 2 aromatic carbocycles. The smallest absolute Gasteiger partial charge is 0.243 e. The molecule has 0 aliphatic carbocycles. The zero-order chi connectivity index (χ0) is 14.9. The summed E-state index contributed by atoms with van der Waals surface area (Å²) in [5.74, 6) is 0.716. The van der Waals surface area contributed by atoms with E-state index in [2.05, 4.69) is 85.3 Å².